The normalized spacial score (nSPS) is 15.4. The van der Waals surface area contributed by atoms with Crippen molar-refractivity contribution in [3.63, 3.8) is 0 Å². The van der Waals surface area contributed by atoms with Crippen LogP contribution in [0.2, 0.25) is 0 Å². The molecule has 0 bridgehead atoms. The quantitative estimate of drug-likeness (QED) is 0.526. The lowest BCUT2D eigenvalue weighted by atomic mass is 10.1. The molecule has 3 heterocycles. The average Bonchev–Trinajstić information content (AvgIpc) is 2.91. The van der Waals surface area contributed by atoms with Gasteiger partial charge in [-0.25, -0.2) is 15.1 Å². The molecule has 0 atom stereocenters. The third-order valence-electron chi connectivity index (χ3n) is 3.28. The molecule has 1 fully saturated rings. The molecule has 3 rings (SSSR count). The number of aryl methyl sites for hydroxylation is 1. The molecule has 2 aromatic heterocycles. The van der Waals surface area contributed by atoms with Crippen LogP contribution in [0, 0.1) is 11.8 Å². The lowest BCUT2D eigenvalue weighted by Gasteiger charge is -2.27. The highest BCUT2D eigenvalue weighted by molar-refractivity contribution is 7.98. The molecule has 0 amide bonds. The number of rotatable bonds is 4. The fourth-order valence-corrected chi connectivity index (χ4v) is 3.23. The third kappa shape index (κ3) is 3.82. The minimum absolute atomic E-state index is 0.304. The van der Waals surface area contributed by atoms with Crippen LogP contribution in [-0.2, 0) is 5.75 Å². The van der Waals surface area contributed by atoms with Crippen molar-refractivity contribution >= 4 is 29.9 Å². The molecule has 1 N–H and O–H groups in total. The van der Waals surface area contributed by atoms with Crippen molar-refractivity contribution < 1.29 is 4.42 Å². The van der Waals surface area contributed by atoms with Gasteiger partial charge in [-0.15, -0.1) is 5.10 Å². The molecule has 0 aromatic carbocycles. The van der Waals surface area contributed by atoms with E-state index in [0.717, 1.165) is 29.8 Å². The maximum atomic E-state index is 5.26. The number of anilines is 1. The molecule has 0 radical (unpaired) electrons. The van der Waals surface area contributed by atoms with Gasteiger partial charge in [-0.3, -0.25) is 0 Å². The largest absolute Gasteiger partial charge is 0.413 e. The third-order valence-corrected chi connectivity index (χ3v) is 4.35. The van der Waals surface area contributed by atoms with E-state index in [2.05, 4.69) is 25.1 Å². The van der Waals surface area contributed by atoms with E-state index >= 15 is 0 Å². The number of thioether (sulfide) groups is 1. The highest BCUT2D eigenvalue weighted by atomic mass is 32.2. The summed E-state index contributed by atoms with van der Waals surface area (Å²) < 4.78 is 5.26. The second kappa shape index (κ2) is 6.57. The Labute approximate surface area is 132 Å². The Balaban J connectivity index is 1.72. The highest BCUT2D eigenvalue weighted by Crippen LogP contribution is 2.24. The van der Waals surface area contributed by atoms with Gasteiger partial charge in [0.1, 0.15) is 5.03 Å². The van der Waals surface area contributed by atoms with Gasteiger partial charge in [0, 0.05) is 18.8 Å². The number of hydrogen-bond acceptors (Lipinski definition) is 7. The monoisotopic (exact) mass is 323 g/mol. The number of aromatic amines is 1. The number of nitrogens with zero attached hydrogens (tertiary/aromatic N) is 4. The first-order valence-electron chi connectivity index (χ1n) is 6.98. The van der Waals surface area contributed by atoms with E-state index < -0.39 is 0 Å². The summed E-state index contributed by atoms with van der Waals surface area (Å²) in [7, 11) is 0. The average molecular weight is 323 g/mol. The number of hydrogen-bond donors (Lipinski definition) is 1. The van der Waals surface area contributed by atoms with Crippen molar-refractivity contribution in [1.82, 2.24) is 20.2 Å². The molecule has 0 aliphatic carbocycles. The molecule has 0 saturated carbocycles. The van der Waals surface area contributed by atoms with Gasteiger partial charge < -0.3 is 9.32 Å². The van der Waals surface area contributed by atoms with Crippen LogP contribution in [0.25, 0.3) is 0 Å². The number of H-pyrrole nitrogens is 1. The van der Waals surface area contributed by atoms with Gasteiger partial charge in [-0.2, -0.15) is 0 Å². The SMILES string of the molecule is Cc1cc(SCc2n[nH]c(=S)o2)nc(N2CCCCC2)n1. The van der Waals surface area contributed by atoms with Gasteiger partial charge in [-0.05, 0) is 44.5 Å². The van der Waals surface area contributed by atoms with Crippen LogP contribution in [0.1, 0.15) is 30.8 Å². The molecular weight excluding hydrogens is 306 g/mol. The topological polar surface area (TPSA) is 70.8 Å². The van der Waals surface area contributed by atoms with Crippen molar-refractivity contribution in [2.75, 3.05) is 18.0 Å². The number of nitrogens with one attached hydrogen (secondary N) is 1. The van der Waals surface area contributed by atoms with E-state index in [1.54, 1.807) is 11.8 Å². The van der Waals surface area contributed by atoms with E-state index in [1.165, 1.54) is 19.3 Å². The van der Waals surface area contributed by atoms with Gasteiger partial charge in [0.05, 0.1) is 5.75 Å². The zero-order valence-electron chi connectivity index (χ0n) is 11.8. The zero-order chi connectivity index (χ0) is 14.7. The maximum Gasteiger partial charge on any atom is 0.284 e. The smallest absolute Gasteiger partial charge is 0.284 e. The van der Waals surface area contributed by atoms with Gasteiger partial charge in [0.15, 0.2) is 0 Å². The second-order valence-corrected chi connectivity index (χ2v) is 6.36. The Morgan fingerprint density at radius 2 is 2.14 bits per heavy atom. The zero-order valence-corrected chi connectivity index (χ0v) is 13.5. The second-order valence-electron chi connectivity index (χ2n) is 4.99. The molecule has 0 unspecified atom stereocenters. The van der Waals surface area contributed by atoms with Crippen molar-refractivity contribution in [3.8, 4) is 0 Å². The lowest BCUT2D eigenvalue weighted by Crippen LogP contribution is -2.31. The van der Waals surface area contributed by atoms with Gasteiger partial charge in [0.25, 0.3) is 4.84 Å². The molecule has 6 nitrogen and oxygen atoms in total. The van der Waals surface area contributed by atoms with Crippen LogP contribution >= 0.6 is 24.0 Å². The lowest BCUT2D eigenvalue weighted by molar-refractivity contribution is 0.500. The summed E-state index contributed by atoms with van der Waals surface area (Å²) in [5.74, 6) is 2.02. The summed E-state index contributed by atoms with van der Waals surface area (Å²) in [6.07, 6.45) is 3.73. The molecule has 0 spiro atoms. The molecule has 1 aliphatic rings. The summed E-state index contributed by atoms with van der Waals surface area (Å²) >= 11 is 6.44. The minimum atomic E-state index is 0.304. The molecule has 1 aliphatic heterocycles. The van der Waals surface area contributed by atoms with Gasteiger partial charge >= 0.3 is 0 Å². The van der Waals surface area contributed by atoms with Crippen LogP contribution in [-0.4, -0.2) is 33.3 Å². The number of aromatic nitrogens is 4. The van der Waals surface area contributed by atoms with Gasteiger partial charge in [-0.1, -0.05) is 11.8 Å². The van der Waals surface area contributed by atoms with Crippen LogP contribution in [0.5, 0.6) is 0 Å². The predicted octanol–water partition coefficient (Wildman–Crippen LogP) is 3.11. The van der Waals surface area contributed by atoms with E-state index in [0.29, 0.717) is 16.5 Å². The minimum Gasteiger partial charge on any atom is -0.413 e. The number of piperidine rings is 1. The Bertz CT molecular complexity index is 663. The van der Waals surface area contributed by atoms with Crippen LogP contribution < -0.4 is 4.90 Å². The molecular formula is C13H17N5OS2. The molecule has 2 aromatic rings. The van der Waals surface area contributed by atoms with Crippen LogP contribution in [0.4, 0.5) is 5.95 Å². The van der Waals surface area contributed by atoms with Crippen LogP contribution in [0.15, 0.2) is 15.5 Å². The first-order chi connectivity index (χ1) is 10.2. The molecule has 112 valence electrons. The van der Waals surface area contributed by atoms with Crippen molar-refractivity contribution in [2.45, 2.75) is 37.0 Å². The fourth-order valence-electron chi connectivity index (χ4n) is 2.29. The standard InChI is InChI=1S/C13H17N5OS2/c1-9-7-11(21-8-10-16-17-13(20)19-10)15-12(14-9)18-5-3-2-4-6-18/h7H,2-6,8H2,1H3,(H,17,20). The van der Waals surface area contributed by atoms with Gasteiger partial charge in [0.2, 0.25) is 11.8 Å². The Kier molecular flexibility index (Phi) is 4.54. The fraction of sp³-hybridized carbons (Fsp3) is 0.538. The van der Waals surface area contributed by atoms with E-state index in [9.17, 15) is 0 Å². The first kappa shape index (κ1) is 14.5. The highest BCUT2D eigenvalue weighted by Gasteiger charge is 2.15. The predicted molar refractivity (Wildman–Crippen MR) is 84.1 cm³/mol. The first-order valence-corrected chi connectivity index (χ1v) is 8.38. The van der Waals surface area contributed by atoms with E-state index in [1.807, 2.05) is 13.0 Å². The summed E-state index contributed by atoms with van der Waals surface area (Å²) in [5.41, 5.74) is 0.982. The summed E-state index contributed by atoms with van der Waals surface area (Å²) in [4.78, 5) is 11.8. The Morgan fingerprint density at radius 1 is 1.33 bits per heavy atom. The summed E-state index contributed by atoms with van der Waals surface area (Å²) in [5, 5.41) is 7.56. The molecule has 1 saturated heterocycles. The van der Waals surface area contributed by atoms with Crippen molar-refractivity contribution in [2.24, 2.45) is 0 Å². The van der Waals surface area contributed by atoms with E-state index in [-0.39, 0.29) is 0 Å². The summed E-state index contributed by atoms with van der Waals surface area (Å²) in [6.45, 7) is 4.09. The summed E-state index contributed by atoms with van der Waals surface area (Å²) in [6, 6.07) is 1.99. The molecule has 21 heavy (non-hydrogen) atoms. The van der Waals surface area contributed by atoms with E-state index in [4.69, 9.17) is 16.6 Å². The van der Waals surface area contributed by atoms with Crippen molar-refractivity contribution in [1.29, 1.82) is 0 Å². The van der Waals surface area contributed by atoms with Crippen molar-refractivity contribution in [3.05, 3.63) is 22.5 Å². The Morgan fingerprint density at radius 3 is 2.86 bits per heavy atom. The van der Waals surface area contributed by atoms with Crippen LogP contribution in [0.3, 0.4) is 0 Å². The maximum absolute atomic E-state index is 5.26. The Hall–Kier alpha value is -1.41. The molecule has 8 heteroatoms.